The van der Waals surface area contributed by atoms with Gasteiger partial charge >= 0.3 is 0 Å². The summed E-state index contributed by atoms with van der Waals surface area (Å²) in [6.45, 7) is 5.61. The van der Waals surface area contributed by atoms with Gasteiger partial charge in [-0.25, -0.2) is 0 Å². The van der Waals surface area contributed by atoms with E-state index in [4.69, 9.17) is 5.11 Å². The molecule has 0 aliphatic heterocycles. The van der Waals surface area contributed by atoms with Crippen LogP contribution in [0.5, 0.6) is 0 Å². The largest absolute Gasteiger partial charge is 0.392 e. The number of hydrogen-bond acceptors (Lipinski definition) is 2. The Kier molecular flexibility index (Phi) is 5.84. The van der Waals surface area contributed by atoms with E-state index in [0.29, 0.717) is 13.0 Å². The number of aliphatic hydroxyl groups is 1. The first-order valence-electron chi connectivity index (χ1n) is 3.91. The van der Waals surface area contributed by atoms with Crippen LogP contribution < -0.4 is 5.32 Å². The summed E-state index contributed by atoms with van der Waals surface area (Å²) in [4.78, 5) is 10.9. The summed E-state index contributed by atoms with van der Waals surface area (Å²) in [6, 6.07) is 0. The van der Waals surface area contributed by atoms with Crippen LogP contribution in [-0.2, 0) is 4.79 Å². The van der Waals surface area contributed by atoms with Crippen molar-refractivity contribution in [1.29, 1.82) is 0 Å². The van der Waals surface area contributed by atoms with Gasteiger partial charge < -0.3 is 10.4 Å². The van der Waals surface area contributed by atoms with Crippen LogP contribution in [0, 0.1) is 6.92 Å². The van der Waals surface area contributed by atoms with Crippen molar-refractivity contribution < 1.29 is 9.90 Å². The highest BCUT2D eigenvalue weighted by Crippen LogP contribution is 1.92. The minimum Gasteiger partial charge on any atom is -0.392 e. The summed E-state index contributed by atoms with van der Waals surface area (Å²) in [7, 11) is 0. The van der Waals surface area contributed by atoms with Crippen molar-refractivity contribution in [3.05, 3.63) is 6.92 Å². The van der Waals surface area contributed by atoms with Crippen LogP contribution in [0.4, 0.5) is 0 Å². The second-order valence-electron chi connectivity index (χ2n) is 2.61. The molecule has 0 aromatic heterocycles. The van der Waals surface area contributed by atoms with E-state index >= 15 is 0 Å². The maximum atomic E-state index is 10.9. The lowest BCUT2D eigenvalue weighted by atomic mass is 10.2. The molecule has 1 amide bonds. The molecule has 0 aliphatic rings. The van der Waals surface area contributed by atoms with E-state index < -0.39 is 6.10 Å². The molecule has 0 heterocycles. The highest BCUT2D eigenvalue weighted by Gasteiger charge is 2.00. The van der Waals surface area contributed by atoms with Gasteiger partial charge in [-0.3, -0.25) is 4.79 Å². The fourth-order valence-corrected chi connectivity index (χ4v) is 0.635. The van der Waals surface area contributed by atoms with Gasteiger partial charge in [-0.1, -0.05) is 13.3 Å². The first-order valence-corrected chi connectivity index (χ1v) is 3.91. The van der Waals surface area contributed by atoms with Crippen molar-refractivity contribution in [2.24, 2.45) is 0 Å². The summed E-state index contributed by atoms with van der Waals surface area (Å²) in [5.74, 6) is -0.00505. The van der Waals surface area contributed by atoms with Crippen LogP contribution in [0.1, 0.15) is 26.2 Å². The Morgan fingerprint density at radius 3 is 2.82 bits per heavy atom. The molecule has 0 spiro atoms. The van der Waals surface area contributed by atoms with Crippen molar-refractivity contribution in [3.63, 3.8) is 0 Å². The first-order chi connectivity index (χ1) is 5.16. The molecule has 0 saturated heterocycles. The van der Waals surface area contributed by atoms with E-state index in [2.05, 4.69) is 12.2 Å². The van der Waals surface area contributed by atoms with Crippen LogP contribution in [0.2, 0.25) is 0 Å². The lowest BCUT2D eigenvalue weighted by Crippen LogP contribution is -2.30. The number of nitrogens with one attached hydrogen (secondary N) is 1. The van der Waals surface area contributed by atoms with Crippen LogP contribution >= 0.6 is 0 Å². The first kappa shape index (κ1) is 10.4. The Balaban J connectivity index is 3.23. The van der Waals surface area contributed by atoms with Crippen molar-refractivity contribution in [3.8, 4) is 0 Å². The fourth-order valence-electron chi connectivity index (χ4n) is 0.635. The second-order valence-corrected chi connectivity index (χ2v) is 2.61. The van der Waals surface area contributed by atoms with E-state index in [1.807, 2.05) is 0 Å². The summed E-state index contributed by atoms with van der Waals surface area (Å²) >= 11 is 0. The molecule has 1 atom stereocenters. The van der Waals surface area contributed by atoms with Crippen molar-refractivity contribution in [2.45, 2.75) is 32.3 Å². The van der Waals surface area contributed by atoms with Gasteiger partial charge in [-0.2, -0.15) is 0 Å². The summed E-state index contributed by atoms with van der Waals surface area (Å²) in [5.41, 5.74) is 0. The van der Waals surface area contributed by atoms with Gasteiger partial charge in [0.05, 0.1) is 6.10 Å². The number of carbonyl (C=O) groups excluding carboxylic acids is 1. The van der Waals surface area contributed by atoms with Gasteiger partial charge in [0.25, 0.3) is 0 Å². The normalized spacial score (nSPS) is 12.6. The third-order valence-corrected chi connectivity index (χ3v) is 1.25. The number of amides is 1. The lowest BCUT2D eigenvalue weighted by molar-refractivity contribution is -0.121. The maximum absolute atomic E-state index is 10.9. The fraction of sp³-hybridized carbons (Fsp3) is 0.750. The molecule has 2 N–H and O–H groups in total. The Hall–Kier alpha value is -0.570. The Morgan fingerprint density at radius 2 is 2.36 bits per heavy atom. The quantitative estimate of drug-likeness (QED) is 0.611. The Labute approximate surface area is 67.8 Å². The lowest BCUT2D eigenvalue weighted by Gasteiger charge is -2.05. The van der Waals surface area contributed by atoms with E-state index in [1.54, 1.807) is 6.92 Å². The van der Waals surface area contributed by atoms with E-state index in [-0.39, 0.29) is 5.91 Å². The number of hydrogen-bond donors (Lipinski definition) is 2. The summed E-state index contributed by atoms with van der Waals surface area (Å²) in [5, 5.41) is 11.4. The van der Waals surface area contributed by atoms with E-state index in [9.17, 15) is 4.79 Å². The number of carbonyl (C=O) groups is 1. The zero-order valence-electron chi connectivity index (χ0n) is 6.97. The molecule has 0 rings (SSSR count). The predicted octanol–water partition coefficient (Wildman–Crippen LogP) is 0.488. The number of unbranched alkanes of at least 4 members (excludes halogenated alkanes) is 1. The monoisotopic (exact) mass is 158 g/mol. The smallest absolute Gasteiger partial charge is 0.220 e. The molecule has 0 bridgehead atoms. The van der Waals surface area contributed by atoms with Gasteiger partial charge in [0.15, 0.2) is 0 Å². The topological polar surface area (TPSA) is 49.3 Å². The molecule has 1 unspecified atom stereocenters. The minimum absolute atomic E-state index is 0.00505. The SMILES string of the molecule is [CH2]CCCC(=O)NCC(C)O. The zero-order chi connectivity index (χ0) is 8.69. The Morgan fingerprint density at radius 1 is 1.73 bits per heavy atom. The average Bonchev–Trinajstić information content (AvgIpc) is 1.97. The zero-order valence-corrected chi connectivity index (χ0v) is 6.97. The van der Waals surface area contributed by atoms with Crippen LogP contribution in [0.15, 0.2) is 0 Å². The molecule has 0 aromatic carbocycles. The third-order valence-electron chi connectivity index (χ3n) is 1.25. The van der Waals surface area contributed by atoms with E-state index in [0.717, 1.165) is 12.8 Å². The molecular weight excluding hydrogens is 142 g/mol. The van der Waals surface area contributed by atoms with Crippen LogP contribution in [0.25, 0.3) is 0 Å². The number of aliphatic hydroxyl groups excluding tert-OH is 1. The standard InChI is InChI=1S/C8H16NO2/c1-3-4-5-8(11)9-6-7(2)10/h7,10H,1,3-6H2,2H3,(H,9,11). The highest BCUT2D eigenvalue weighted by atomic mass is 16.3. The molecule has 0 aromatic rings. The summed E-state index contributed by atoms with van der Waals surface area (Å²) < 4.78 is 0. The average molecular weight is 158 g/mol. The van der Waals surface area contributed by atoms with Gasteiger partial charge in [0.2, 0.25) is 5.91 Å². The predicted molar refractivity (Wildman–Crippen MR) is 43.9 cm³/mol. The van der Waals surface area contributed by atoms with Crippen molar-refractivity contribution in [2.75, 3.05) is 6.54 Å². The third kappa shape index (κ3) is 7.33. The number of rotatable bonds is 5. The Bertz CT molecular complexity index is 113. The molecule has 0 fully saturated rings. The second kappa shape index (κ2) is 6.16. The van der Waals surface area contributed by atoms with Gasteiger partial charge in [0, 0.05) is 13.0 Å². The molecule has 65 valence electrons. The highest BCUT2D eigenvalue weighted by molar-refractivity contribution is 5.75. The minimum atomic E-state index is -0.460. The van der Waals surface area contributed by atoms with Gasteiger partial charge in [0.1, 0.15) is 0 Å². The van der Waals surface area contributed by atoms with Crippen LogP contribution in [0.3, 0.4) is 0 Å². The van der Waals surface area contributed by atoms with Crippen molar-refractivity contribution >= 4 is 5.91 Å². The molecule has 11 heavy (non-hydrogen) atoms. The molecule has 3 nitrogen and oxygen atoms in total. The van der Waals surface area contributed by atoms with Crippen LogP contribution in [-0.4, -0.2) is 23.7 Å². The summed E-state index contributed by atoms with van der Waals surface area (Å²) in [6.07, 6.45) is 1.64. The van der Waals surface area contributed by atoms with E-state index in [1.165, 1.54) is 0 Å². The molecule has 0 saturated carbocycles. The molecule has 1 radical (unpaired) electrons. The van der Waals surface area contributed by atoms with Crippen molar-refractivity contribution in [1.82, 2.24) is 5.32 Å². The molecule has 3 heteroatoms. The van der Waals surface area contributed by atoms with Gasteiger partial charge in [-0.15, -0.1) is 0 Å². The maximum Gasteiger partial charge on any atom is 0.220 e. The van der Waals surface area contributed by atoms with Gasteiger partial charge in [-0.05, 0) is 13.3 Å². The molecule has 0 aliphatic carbocycles. The molecular formula is C8H16NO2.